The molecule has 134 valence electrons. The van der Waals surface area contributed by atoms with Crippen molar-refractivity contribution in [1.29, 1.82) is 0 Å². The second-order valence-electron chi connectivity index (χ2n) is 6.04. The van der Waals surface area contributed by atoms with Gasteiger partial charge in [0.05, 0.1) is 18.2 Å². The summed E-state index contributed by atoms with van der Waals surface area (Å²) in [5.74, 6) is 1.54. The first-order valence-corrected chi connectivity index (χ1v) is 9.06. The number of nitrogens with two attached hydrogens (primary N) is 1. The van der Waals surface area contributed by atoms with Crippen molar-refractivity contribution in [2.24, 2.45) is 11.7 Å². The number of carbonyl (C=O) groups is 1. The van der Waals surface area contributed by atoms with E-state index in [-0.39, 0.29) is 5.91 Å². The summed E-state index contributed by atoms with van der Waals surface area (Å²) >= 11 is 6.34. The van der Waals surface area contributed by atoms with Gasteiger partial charge in [0, 0.05) is 18.7 Å². The van der Waals surface area contributed by atoms with E-state index in [1.54, 1.807) is 12.1 Å². The highest BCUT2D eigenvalue weighted by Crippen LogP contribution is 2.37. The summed E-state index contributed by atoms with van der Waals surface area (Å²) in [6.07, 6.45) is 2.77. The van der Waals surface area contributed by atoms with Crippen LogP contribution in [-0.4, -0.2) is 43.7 Å². The Morgan fingerprint density at radius 1 is 1.29 bits per heavy atom. The standard InChI is InChI=1S/C18H27ClN2O3/c1-3-9-24-17-15(19)10-14(11-16(17)23-4-2)18(22)21-7-5-13(12-20)6-8-21/h10-11,13H,3-9,12,20H2,1-2H3. The molecule has 5 nitrogen and oxygen atoms in total. The van der Waals surface area contributed by atoms with Gasteiger partial charge in [-0.25, -0.2) is 0 Å². The summed E-state index contributed by atoms with van der Waals surface area (Å²) < 4.78 is 11.3. The van der Waals surface area contributed by atoms with Crippen LogP contribution in [0.1, 0.15) is 43.5 Å². The van der Waals surface area contributed by atoms with Crippen molar-refractivity contribution in [3.05, 3.63) is 22.7 Å². The molecule has 1 aromatic rings. The number of nitrogens with zero attached hydrogens (tertiary/aromatic N) is 1. The van der Waals surface area contributed by atoms with Crippen molar-refractivity contribution in [2.45, 2.75) is 33.1 Å². The number of rotatable bonds is 7. The lowest BCUT2D eigenvalue weighted by molar-refractivity contribution is 0.0693. The quantitative estimate of drug-likeness (QED) is 0.815. The molecular formula is C18H27ClN2O3. The first kappa shape index (κ1) is 18.9. The maximum absolute atomic E-state index is 12.8. The van der Waals surface area contributed by atoms with Crippen molar-refractivity contribution < 1.29 is 14.3 Å². The van der Waals surface area contributed by atoms with E-state index >= 15 is 0 Å². The van der Waals surface area contributed by atoms with Crippen LogP contribution in [0.3, 0.4) is 0 Å². The molecule has 0 radical (unpaired) electrons. The number of benzene rings is 1. The predicted molar refractivity (Wildman–Crippen MR) is 96.1 cm³/mol. The van der Waals surface area contributed by atoms with Crippen molar-refractivity contribution in [3.63, 3.8) is 0 Å². The summed E-state index contributed by atoms with van der Waals surface area (Å²) in [5.41, 5.74) is 6.25. The Kier molecular flexibility index (Phi) is 7.18. The average Bonchev–Trinajstić information content (AvgIpc) is 2.60. The summed E-state index contributed by atoms with van der Waals surface area (Å²) in [5, 5.41) is 0.412. The van der Waals surface area contributed by atoms with E-state index < -0.39 is 0 Å². The lowest BCUT2D eigenvalue weighted by Gasteiger charge is -2.31. The Morgan fingerprint density at radius 2 is 2.00 bits per heavy atom. The molecule has 0 atom stereocenters. The minimum atomic E-state index is -0.0182. The normalized spacial score (nSPS) is 15.4. The molecule has 0 aliphatic carbocycles. The topological polar surface area (TPSA) is 64.8 Å². The molecule has 2 N–H and O–H groups in total. The predicted octanol–water partition coefficient (Wildman–Crippen LogP) is 3.34. The molecule has 0 spiro atoms. The largest absolute Gasteiger partial charge is 0.490 e. The number of amides is 1. The number of halogens is 1. The molecule has 2 rings (SSSR count). The maximum atomic E-state index is 12.8. The zero-order valence-corrected chi connectivity index (χ0v) is 15.3. The highest BCUT2D eigenvalue weighted by molar-refractivity contribution is 6.32. The van der Waals surface area contributed by atoms with E-state index in [9.17, 15) is 4.79 Å². The van der Waals surface area contributed by atoms with Gasteiger partial charge in [0.1, 0.15) is 0 Å². The molecule has 1 aliphatic heterocycles. The second kappa shape index (κ2) is 9.14. The Bertz CT molecular complexity index is 557. The van der Waals surface area contributed by atoms with Gasteiger partial charge in [-0.3, -0.25) is 4.79 Å². The van der Waals surface area contributed by atoms with E-state index in [0.29, 0.717) is 47.8 Å². The van der Waals surface area contributed by atoms with Gasteiger partial charge in [-0.2, -0.15) is 0 Å². The molecule has 1 fully saturated rings. The average molecular weight is 355 g/mol. The zero-order valence-electron chi connectivity index (χ0n) is 14.5. The smallest absolute Gasteiger partial charge is 0.254 e. The molecule has 0 unspecified atom stereocenters. The van der Waals surface area contributed by atoms with Gasteiger partial charge >= 0.3 is 0 Å². The third-order valence-electron chi connectivity index (χ3n) is 4.24. The number of ether oxygens (including phenoxy) is 2. The molecular weight excluding hydrogens is 328 g/mol. The number of likely N-dealkylation sites (tertiary alicyclic amines) is 1. The molecule has 0 bridgehead atoms. The van der Waals surface area contributed by atoms with Crippen LogP contribution in [0.2, 0.25) is 5.02 Å². The minimum absolute atomic E-state index is 0.0182. The van der Waals surface area contributed by atoms with Crippen LogP contribution in [0, 0.1) is 5.92 Å². The number of piperidine rings is 1. The fraction of sp³-hybridized carbons (Fsp3) is 0.611. The first-order chi connectivity index (χ1) is 11.6. The Labute approximate surface area is 149 Å². The van der Waals surface area contributed by atoms with Crippen LogP contribution < -0.4 is 15.2 Å². The molecule has 1 aliphatic rings. The fourth-order valence-corrected chi connectivity index (χ4v) is 3.12. The highest BCUT2D eigenvalue weighted by Gasteiger charge is 2.24. The molecule has 1 aromatic carbocycles. The molecule has 24 heavy (non-hydrogen) atoms. The fourth-order valence-electron chi connectivity index (χ4n) is 2.85. The zero-order chi connectivity index (χ0) is 17.5. The minimum Gasteiger partial charge on any atom is -0.490 e. The van der Waals surface area contributed by atoms with Crippen LogP contribution in [0.15, 0.2) is 12.1 Å². The molecule has 6 heteroatoms. The Morgan fingerprint density at radius 3 is 2.58 bits per heavy atom. The number of hydrogen-bond donors (Lipinski definition) is 1. The van der Waals surface area contributed by atoms with Gasteiger partial charge in [-0.15, -0.1) is 0 Å². The summed E-state index contributed by atoms with van der Waals surface area (Å²) in [4.78, 5) is 14.6. The summed E-state index contributed by atoms with van der Waals surface area (Å²) in [6.45, 7) is 7.11. The van der Waals surface area contributed by atoms with Crippen LogP contribution in [0.5, 0.6) is 11.5 Å². The van der Waals surface area contributed by atoms with Gasteiger partial charge in [-0.05, 0) is 50.8 Å². The van der Waals surface area contributed by atoms with Gasteiger partial charge in [-0.1, -0.05) is 18.5 Å². The summed E-state index contributed by atoms with van der Waals surface area (Å²) in [7, 11) is 0. The second-order valence-corrected chi connectivity index (χ2v) is 6.45. The Hall–Kier alpha value is -1.46. The molecule has 0 saturated carbocycles. The van der Waals surface area contributed by atoms with E-state index in [1.807, 2.05) is 18.7 Å². The van der Waals surface area contributed by atoms with E-state index in [1.165, 1.54) is 0 Å². The number of carbonyl (C=O) groups excluding carboxylic acids is 1. The highest BCUT2D eigenvalue weighted by atomic mass is 35.5. The van der Waals surface area contributed by atoms with Crippen molar-refractivity contribution in [2.75, 3.05) is 32.8 Å². The molecule has 0 aromatic heterocycles. The van der Waals surface area contributed by atoms with Crippen molar-refractivity contribution in [3.8, 4) is 11.5 Å². The van der Waals surface area contributed by atoms with Gasteiger partial charge < -0.3 is 20.1 Å². The van der Waals surface area contributed by atoms with E-state index in [2.05, 4.69) is 0 Å². The monoisotopic (exact) mass is 354 g/mol. The lowest BCUT2D eigenvalue weighted by atomic mass is 9.96. The number of hydrogen-bond acceptors (Lipinski definition) is 4. The van der Waals surface area contributed by atoms with Crippen molar-refractivity contribution >= 4 is 17.5 Å². The van der Waals surface area contributed by atoms with Crippen LogP contribution in [0.25, 0.3) is 0 Å². The third-order valence-corrected chi connectivity index (χ3v) is 4.52. The SMILES string of the molecule is CCCOc1c(Cl)cc(C(=O)N2CCC(CN)CC2)cc1OCC. The van der Waals surface area contributed by atoms with Crippen molar-refractivity contribution in [1.82, 2.24) is 4.90 Å². The molecule has 1 amide bonds. The lowest BCUT2D eigenvalue weighted by Crippen LogP contribution is -2.40. The van der Waals surface area contributed by atoms with E-state index in [4.69, 9.17) is 26.8 Å². The first-order valence-electron chi connectivity index (χ1n) is 8.69. The van der Waals surface area contributed by atoms with Crippen LogP contribution in [-0.2, 0) is 0 Å². The van der Waals surface area contributed by atoms with E-state index in [0.717, 1.165) is 32.4 Å². The van der Waals surface area contributed by atoms with Gasteiger partial charge in [0.15, 0.2) is 11.5 Å². The van der Waals surface area contributed by atoms with Gasteiger partial charge in [0.25, 0.3) is 5.91 Å². The third kappa shape index (κ3) is 4.54. The maximum Gasteiger partial charge on any atom is 0.254 e. The molecule has 1 saturated heterocycles. The Balaban J connectivity index is 2.19. The van der Waals surface area contributed by atoms with Crippen LogP contribution >= 0.6 is 11.6 Å². The molecule has 1 heterocycles. The summed E-state index contributed by atoms with van der Waals surface area (Å²) in [6, 6.07) is 3.41. The van der Waals surface area contributed by atoms with Crippen LogP contribution in [0.4, 0.5) is 0 Å². The van der Waals surface area contributed by atoms with Gasteiger partial charge in [0.2, 0.25) is 0 Å².